The highest BCUT2D eigenvalue weighted by molar-refractivity contribution is 5.64. The second-order valence-electron chi connectivity index (χ2n) is 4.22. The fourth-order valence-corrected chi connectivity index (χ4v) is 1.71. The summed E-state index contributed by atoms with van der Waals surface area (Å²) in [6, 6.07) is 5.73. The first-order valence-corrected chi connectivity index (χ1v) is 5.72. The van der Waals surface area contributed by atoms with Gasteiger partial charge in [0.25, 0.3) is 0 Å². The van der Waals surface area contributed by atoms with Crippen LogP contribution in [0.15, 0.2) is 41.2 Å². The molecule has 0 aliphatic rings. The van der Waals surface area contributed by atoms with Crippen LogP contribution in [0.1, 0.15) is 5.69 Å². The van der Waals surface area contributed by atoms with Gasteiger partial charge in [-0.3, -0.25) is 4.79 Å². The Morgan fingerprint density at radius 1 is 0.864 bits per heavy atom. The predicted molar refractivity (Wildman–Crippen MR) is 64.2 cm³/mol. The van der Waals surface area contributed by atoms with Crippen LogP contribution in [0.25, 0.3) is 11.1 Å². The van der Waals surface area contributed by atoms with E-state index in [1.165, 1.54) is 0 Å². The molecule has 1 heterocycles. The highest BCUT2D eigenvalue weighted by atomic mass is 19.4. The Balaban J connectivity index is 2.37. The molecule has 118 valence electrons. The molecule has 0 unspecified atom stereocenters. The van der Waals surface area contributed by atoms with Gasteiger partial charge in [0.15, 0.2) is 0 Å². The summed E-state index contributed by atoms with van der Waals surface area (Å²) in [6.07, 6.45) is -9.61. The van der Waals surface area contributed by atoms with Crippen molar-refractivity contribution in [3.63, 3.8) is 0 Å². The number of aromatic amines is 1. The normalized spacial score (nSPS) is 12.3. The third-order valence-corrected chi connectivity index (χ3v) is 2.57. The van der Waals surface area contributed by atoms with Crippen molar-refractivity contribution in [1.82, 2.24) is 4.98 Å². The van der Waals surface area contributed by atoms with Gasteiger partial charge in [-0.15, -0.1) is 13.2 Å². The quantitative estimate of drug-likeness (QED) is 0.850. The van der Waals surface area contributed by atoms with Gasteiger partial charge in [0.1, 0.15) is 11.4 Å². The number of pyridine rings is 1. The van der Waals surface area contributed by atoms with Gasteiger partial charge in [-0.2, -0.15) is 13.2 Å². The SMILES string of the molecule is O=c1cc(-c2ccc(OC(F)(F)F)cc2)cc(C(F)(F)F)[nH]1. The van der Waals surface area contributed by atoms with Crippen LogP contribution in [0.4, 0.5) is 26.3 Å². The molecule has 2 aromatic rings. The number of nitrogens with one attached hydrogen (secondary N) is 1. The zero-order chi connectivity index (χ0) is 16.5. The highest BCUT2D eigenvalue weighted by Gasteiger charge is 2.32. The summed E-state index contributed by atoms with van der Waals surface area (Å²) in [5.74, 6) is -0.517. The Labute approximate surface area is 119 Å². The van der Waals surface area contributed by atoms with Crippen molar-refractivity contribution in [2.24, 2.45) is 0 Å². The Hall–Kier alpha value is -2.45. The number of ether oxygens (including phenoxy) is 1. The lowest BCUT2D eigenvalue weighted by Crippen LogP contribution is -2.17. The lowest BCUT2D eigenvalue weighted by Gasteiger charge is -2.10. The Morgan fingerprint density at radius 2 is 1.45 bits per heavy atom. The fraction of sp³-hybridized carbons (Fsp3) is 0.154. The van der Waals surface area contributed by atoms with Gasteiger partial charge in [0, 0.05) is 6.07 Å². The fourth-order valence-electron chi connectivity index (χ4n) is 1.71. The molecule has 0 saturated carbocycles. The van der Waals surface area contributed by atoms with E-state index in [1.54, 1.807) is 4.98 Å². The minimum Gasteiger partial charge on any atom is -0.406 e. The summed E-state index contributed by atoms with van der Waals surface area (Å²) in [5, 5.41) is 0. The lowest BCUT2D eigenvalue weighted by atomic mass is 10.1. The molecule has 0 aliphatic heterocycles. The number of halogens is 6. The van der Waals surface area contributed by atoms with Crippen molar-refractivity contribution in [3.05, 3.63) is 52.4 Å². The first-order chi connectivity index (χ1) is 10.0. The Morgan fingerprint density at radius 3 is 1.95 bits per heavy atom. The number of hydrogen-bond donors (Lipinski definition) is 1. The standard InChI is InChI=1S/C13H7F6NO2/c14-12(15,16)10-5-8(6-11(21)20-10)7-1-3-9(4-2-7)22-13(17,18)19/h1-6H,(H,20,21). The van der Waals surface area contributed by atoms with E-state index in [1.807, 2.05) is 0 Å². The summed E-state index contributed by atoms with van der Waals surface area (Å²) in [7, 11) is 0. The van der Waals surface area contributed by atoms with Crippen LogP contribution in [0, 0.1) is 0 Å². The molecule has 9 heteroatoms. The molecule has 0 saturated heterocycles. The molecule has 0 radical (unpaired) electrons. The minimum atomic E-state index is -4.87. The van der Waals surface area contributed by atoms with E-state index in [0.717, 1.165) is 30.3 Å². The number of H-pyrrole nitrogens is 1. The van der Waals surface area contributed by atoms with Crippen LogP contribution in [-0.2, 0) is 6.18 Å². The maximum atomic E-state index is 12.6. The maximum absolute atomic E-state index is 12.6. The molecule has 0 atom stereocenters. The van der Waals surface area contributed by atoms with Crippen molar-refractivity contribution < 1.29 is 31.1 Å². The molecule has 1 aromatic carbocycles. The number of hydrogen-bond acceptors (Lipinski definition) is 2. The molecule has 0 aliphatic carbocycles. The first kappa shape index (κ1) is 15.9. The molecule has 0 fully saturated rings. The van der Waals surface area contributed by atoms with E-state index >= 15 is 0 Å². The van der Waals surface area contributed by atoms with Crippen LogP contribution in [-0.4, -0.2) is 11.3 Å². The Bertz CT molecular complexity index is 715. The summed E-state index contributed by atoms with van der Waals surface area (Å²) in [6.45, 7) is 0. The molecule has 0 amide bonds. The van der Waals surface area contributed by atoms with Gasteiger partial charge in [0.2, 0.25) is 5.56 Å². The van der Waals surface area contributed by atoms with E-state index < -0.39 is 29.5 Å². The van der Waals surface area contributed by atoms with Crippen molar-refractivity contribution in [3.8, 4) is 16.9 Å². The average Bonchev–Trinajstić information content (AvgIpc) is 2.36. The third kappa shape index (κ3) is 4.03. The van der Waals surface area contributed by atoms with E-state index in [4.69, 9.17) is 0 Å². The number of aromatic nitrogens is 1. The van der Waals surface area contributed by atoms with Crippen molar-refractivity contribution in [2.45, 2.75) is 12.5 Å². The summed E-state index contributed by atoms with van der Waals surface area (Å²) < 4.78 is 77.5. The predicted octanol–water partition coefficient (Wildman–Crippen LogP) is 3.96. The van der Waals surface area contributed by atoms with Gasteiger partial charge in [-0.25, -0.2) is 0 Å². The van der Waals surface area contributed by atoms with Crippen LogP contribution in [0.2, 0.25) is 0 Å². The van der Waals surface area contributed by atoms with Crippen LogP contribution >= 0.6 is 0 Å². The van der Waals surface area contributed by atoms with Crippen molar-refractivity contribution in [1.29, 1.82) is 0 Å². The number of alkyl halides is 6. The molecular formula is C13H7F6NO2. The lowest BCUT2D eigenvalue weighted by molar-refractivity contribution is -0.274. The maximum Gasteiger partial charge on any atom is 0.573 e. The van der Waals surface area contributed by atoms with Gasteiger partial charge >= 0.3 is 12.5 Å². The van der Waals surface area contributed by atoms with E-state index in [2.05, 4.69) is 4.74 Å². The number of rotatable bonds is 2. The molecule has 0 bridgehead atoms. The second kappa shape index (κ2) is 5.39. The van der Waals surface area contributed by atoms with E-state index in [-0.39, 0.29) is 11.1 Å². The number of benzene rings is 1. The summed E-state index contributed by atoms with van der Waals surface area (Å²) in [4.78, 5) is 12.9. The molecule has 3 nitrogen and oxygen atoms in total. The smallest absolute Gasteiger partial charge is 0.406 e. The van der Waals surface area contributed by atoms with Crippen LogP contribution < -0.4 is 10.3 Å². The second-order valence-corrected chi connectivity index (χ2v) is 4.22. The highest BCUT2D eigenvalue weighted by Crippen LogP contribution is 2.30. The average molecular weight is 323 g/mol. The molecule has 0 spiro atoms. The summed E-state index contributed by atoms with van der Waals surface area (Å²) >= 11 is 0. The molecule has 1 N–H and O–H groups in total. The summed E-state index contributed by atoms with van der Waals surface area (Å²) in [5.41, 5.74) is -2.15. The zero-order valence-electron chi connectivity index (χ0n) is 10.5. The van der Waals surface area contributed by atoms with E-state index in [9.17, 15) is 31.1 Å². The molecular weight excluding hydrogens is 316 g/mol. The zero-order valence-corrected chi connectivity index (χ0v) is 10.5. The van der Waals surface area contributed by atoms with Crippen molar-refractivity contribution >= 4 is 0 Å². The van der Waals surface area contributed by atoms with Crippen LogP contribution in [0.5, 0.6) is 5.75 Å². The van der Waals surface area contributed by atoms with Crippen molar-refractivity contribution in [2.75, 3.05) is 0 Å². The van der Waals surface area contributed by atoms with Gasteiger partial charge in [-0.1, -0.05) is 12.1 Å². The topological polar surface area (TPSA) is 42.1 Å². The Kier molecular flexibility index (Phi) is 3.90. The third-order valence-electron chi connectivity index (χ3n) is 2.57. The molecule has 1 aromatic heterocycles. The monoisotopic (exact) mass is 323 g/mol. The first-order valence-electron chi connectivity index (χ1n) is 5.72. The van der Waals surface area contributed by atoms with Gasteiger partial charge < -0.3 is 9.72 Å². The van der Waals surface area contributed by atoms with Crippen LogP contribution in [0.3, 0.4) is 0 Å². The minimum absolute atomic E-state index is 0.0744. The molecule has 2 rings (SSSR count). The molecule has 22 heavy (non-hydrogen) atoms. The van der Waals surface area contributed by atoms with E-state index in [0.29, 0.717) is 6.07 Å². The van der Waals surface area contributed by atoms with Gasteiger partial charge in [-0.05, 0) is 29.3 Å². The largest absolute Gasteiger partial charge is 0.573 e. The van der Waals surface area contributed by atoms with Gasteiger partial charge in [0.05, 0.1) is 0 Å².